The number of likely N-dealkylation sites (N-methyl/N-ethyl adjacent to an activating group) is 1. The third kappa shape index (κ3) is 5.75. The second-order valence-corrected chi connectivity index (χ2v) is 8.61. The van der Waals surface area contributed by atoms with Crippen molar-refractivity contribution in [2.24, 2.45) is 0 Å². The maximum absolute atomic E-state index is 12.2. The average molecular weight is 426 g/mol. The number of rotatable bonds is 8. The molecule has 3 aromatic rings. The highest BCUT2D eigenvalue weighted by atomic mass is 32.1. The molecule has 158 valence electrons. The van der Waals surface area contributed by atoms with Gasteiger partial charge in [-0.25, -0.2) is 0 Å². The van der Waals surface area contributed by atoms with Gasteiger partial charge in [0.05, 0.1) is 4.88 Å². The Morgan fingerprint density at radius 1 is 1.17 bits per heavy atom. The molecule has 0 saturated carbocycles. The summed E-state index contributed by atoms with van der Waals surface area (Å²) in [7, 11) is 2.17. The summed E-state index contributed by atoms with van der Waals surface area (Å²) in [6.45, 7) is 5.91. The quantitative estimate of drug-likeness (QED) is 0.598. The van der Waals surface area contributed by atoms with Crippen LogP contribution < -0.4 is 5.32 Å². The first-order valence-corrected chi connectivity index (χ1v) is 11.2. The Morgan fingerprint density at radius 2 is 2.00 bits per heavy atom. The molecule has 1 aliphatic rings. The van der Waals surface area contributed by atoms with Crippen molar-refractivity contribution < 1.29 is 9.32 Å². The summed E-state index contributed by atoms with van der Waals surface area (Å²) in [5.74, 6) is 1.05. The molecule has 4 rings (SSSR count). The number of hydrogen-bond donors (Lipinski definition) is 1. The minimum absolute atomic E-state index is 0.0182. The molecule has 0 spiro atoms. The van der Waals surface area contributed by atoms with Crippen LogP contribution in [-0.2, 0) is 24.3 Å². The van der Waals surface area contributed by atoms with Gasteiger partial charge in [0.2, 0.25) is 17.6 Å². The maximum atomic E-state index is 12.2. The molecular weight excluding hydrogens is 398 g/mol. The Balaban J connectivity index is 1.22. The third-order valence-electron chi connectivity index (χ3n) is 5.26. The van der Waals surface area contributed by atoms with Gasteiger partial charge in [-0.1, -0.05) is 35.5 Å². The Hall–Kier alpha value is -2.55. The van der Waals surface area contributed by atoms with Crippen molar-refractivity contribution in [3.8, 4) is 10.7 Å². The van der Waals surface area contributed by atoms with Gasteiger partial charge in [0.1, 0.15) is 0 Å². The van der Waals surface area contributed by atoms with E-state index in [1.807, 2.05) is 17.5 Å². The van der Waals surface area contributed by atoms with E-state index in [-0.39, 0.29) is 5.91 Å². The van der Waals surface area contributed by atoms with Crippen LogP contribution in [-0.4, -0.2) is 59.1 Å². The van der Waals surface area contributed by atoms with Crippen molar-refractivity contribution in [3.63, 3.8) is 0 Å². The van der Waals surface area contributed by atoms with Gasteiger partial charge in [0.25, 0.3) is 0 Å². The topological polar surface area (TPSA) is 74.5 Å². The van der Waals surface area contributed by atoms with Gasteiger partial charge in [0, 0.05) is 52.1 Å². The summed E-state index contributed by atoms with van der Waals surface area (Å²) in [4.78, 5) is 22.4. The normalized spacial score (nSPS) is 15.4. The van der Waals surface area contributed by atoms with E-state index in [9.17, 15) is 4.79 Å². The van der Waals surface area contributed by atoms with E-state index in [1.54, 1.807) is 11.3 Å². The molecule has 7 nitrogen and oxygen atoms in total. The zero-order valence-corrected chi connectivity index (χ0v) is 18.0. The Kier molecular flexibility index (Phi) is 6.88. The van der Waals surface area contributed by atoms with E-state index in [4.69, 9.17) is 4.52 Å². The van der Waals surface area contributed by atoms with Crippen LogP contribution in [0.5, 0.6) is 0 Å². The van der Waals surface area contributed by atoms with E-state index in [0.717, 1.165) is 43.2 Å². The number of carbonyl (C=O) groups excluding carboxylic acids is 1. The number of benzene rings is 1. The number of nitrogens with zero attached hydrogens (tertiary/aromatic N) is 4. The third-order valence-corrected chi connectivity index (χ3v) is 6.12. The monoisotopic (exact) mass is 425 g/mol. The molecule has 0 atom stereocenters. The summed E-state index contributed by atoms with van der Waals surface area (Å²) < 4.78 is 5.25. The van der Waals surface area contributed by atoms with Gasteiger partial charge in [-0.05, 0) is 29.6 Å². The zero-order chi connectivity index (χ0) is 20.8. The van der Waals surface area contributed by atoms with Crippen LogP contribution in [0.4, 0.5) is 0 Å². The lowest BCUT2D eigenvalue weighted by Crippen LogP contribution is -2.43. The molecule has 1 amide bonds. The SMILES string of the molecule is CN1CCN(Cc2cccc(CNC(=O)CCc3nc(-c4cccs4)no3)c2)CC1. The number of nitrogens with one attached hydrogen (secondary N) is 1. The van der Waals surface area contributed by atoms with E-state index in [1.165, 1.54) is 5.56 Å². The van der Waals surface area contributed by atoms with Crippen molar-refractivity contribution >= 4 is 17.2 Å². The maximum Gasteiger partial charge on any atom is 0.227 e. The number of thiophene rings is 1. The second kappa shape index (κ2) is 9.97. The fraction of sp³-hybridized carbons (Fsp3) is 0.409. The minimum Gasteiger partial charge on any atom is -0.352 e. The molecular formula is C22H27N5O2S. The molecule has 1 aromatic carbocycles. The number of hydrogen-bond acceptors (Lipinski definition) is 7. The van der Waals surface area contributed by atoms with Crippen molar-refractivity contribution in [1.82, 2.24) is 25.3 Å². The first kappa shape index (κ1) is 20.7. The summed E-state index contributed by atoms with van der Waals surface area (Å²) >= 11 is 1.56. The van der Waals surface area contributed by atoms with Gasteiger partial charge in [0.15, 0.2) is 0 Å². The van der Waals surface area contributed by atoms with Gasteiger partial charge < -0.3 is 14.7 Å². The molecule has 8 heteroatoms. The molecule has 0 radical (unpaired) electrons. The zero-order valence-electron chi connectivity index (χ0n) is 17.2. The first-order valence-electron chi connectivity index (χ1n) is 10.3. The molecule has 30 heavy (non-hydrogen) atoms. The summed E-state index contributed by atoms with van der Waals surface area (Å²) in [5, 5.41) is 8.94. The molecule has 1 N–H and O–H groups in total. The number of amides is 1. The Bertz CT molecular complexity index is 948. The van der Waals surface area contributed by atoms with E-state index in [2.05, 4.69) is 56.6 Å². The van der Waals surface area contributed by atoms with Crippen LogP contribution in [0.25, 0.3) is 10.7 Å². The van der Waals surface area contributed by atoms with Gasteiger partial charge >= 0.3 is 0 Å². The van der Waals surface area contributed by atoms with Gasteiger partial charge in [-0.2, -0.15) is 4.98 Å². The summed E-state index contributed by atoms with van der Waals surface area (Å²) in [5.41, 5.74) is 2.41. The largest absolute Gasteiger partial charge is 0.352 e. The highest BCUT2D eigenvalue weighted by molar-refractivity contribution is 7.13. The van der Waals surface area contributed by atoms with E-state index >= 15 is 0 Å². The number of aryl methyl sites for hydroxylation is 1. The lowest BCUT2D eigenvalue weighted by Gasteiger charge is -2.32. The fourth-order valence-corrected chi connectivity index (χ4v) is 4.12. The average Bonchev–Trinajstić information content (AvgIpc) is 3.45. The van der Waals surface area contributed by atoms with Crippen molar-refractivity contribution in [1.29, 1.82) is 0 Å². The van der Waals surface area contributed by atoms with Crippen LogP contribution in [0, 0.1) is 0 Å². The number of aromatic nitrogens is 2. The Labute approximate surface area is 180 Å². The van der Waals surface area contributed by atoms with Crippen LogP contribution in [0.1, 0.15) is 23.4 Å². The summed E-state index contributed by atoms with van der Waals surface area (Å²) in [6, 6.07) is 12.4. The van der Waals surface area contributed by atoms with E-state index < -0.39 is 0 Å². The minimum atomic E-state index is -0.0182. The second-order valence-electron chi connectivity index (χ2n) is 7.67. The molecule has 1 aliphatic heterocycles. The predicted molar refractivity (Wildman–Crippen MR) is 117 cm³/mol. The van der Waals surface area contributed by atoms with Gasteiger partial charge in [-0.15, -0.1) is 11.3 Å². The number of carbonyl (C=O) groups is 1. The molecule has 3 heterocycles. The molecule has 1 fully saturated rings. The van der Waals surface area contributed by atoms with Crippen molar-refractivity contribution in [2.45, 2.75) is 25.9 Å². The van der Waals surface area contributed by atoms with Crippen LogP contribution in [0.3, 0.4) is 0 Å². The molecule has 1 saturated heterocycles. The van der Waals surface area contributed by atoms with Crippen LogP contribution in [0.15, 0.2) is 46.3 Å². The lowest BCUT2D eigenvalue weighted by atomic mass is 10.1. The number of piperazine rings is 1. The lowest BCUT2D eigenvalue weighted by molar-refractivity contribution is -0.121. The highest BCUT2D eigenvalue weighted by Crippen LogP contribution is 2.21. The predicted octanol–water partition coefficient (Wildman–Crippen LogP) is 2.79. The Morgan fingerprint density at radius 3 is 2.80 bits per heavy atom. The summed E-state index contributed by atoms with van der Waals surface area (Å²) in [6.07, 6.45) is 0.765. The highest BCUT2D eigenvalue weighted by Gasteiger charge is 2.14. The van der Waals surface area contributed by atoms with Gasteiger partial charge in [-0.3, -0.25) is 9.69 Å². The first-order chi connectivity index (χ1) is 14.7. The standard InChI is InChI=1S/C22H27N5O2S/c1-26-9-11-27(12-10-26)16-18-5-2-4-17(14-18)15-23-20(28)7-8-21-24-22(25-29-21)19-6-3-13-30-19/h2-6,13-14H,7-12,15-16H2,1H3,(H,23,28). The van der Waals surface area contributed by atoms with E-state index in [0.29, 0.717) is 31.1 Å². The smallest absolute Gasteiger partial charge is 0.227 e. The van der Waals surface area contributed by atoms with Crippen LogP contribution in [0.2, 0.25) is 0 Å². The molecule has 0 unspecified atom stereocenters. The molecule has 0 bridgehead atoms. The molecule has 2 aromatic heterocycles. The van der Waals surface area contributed by atoms with Crippen LogP contribution >= 0.6 is 11.3 Å². The molecule has 0 aliphatic carbocycles. The van der Waals surface area contributed by atoms with Crippen molar-refractivity contribution in [2.75, 3.05) is 33.2 Å². The van der Waals surface area contributed by atoms with Crippen molar-refractivity contribution in [3.05, 3.63) is 58.8 Å². The fourth-order valence-electron chi connectivity index (χ4n) is 3.47.